The van der Waals surface area contributed by atoms with Crippen LogP contribution in [0.5, 0.6) is 11.5 Å². The quantitative estimate of drug-likeness (QED) is 0.755. The standard InChI is InChI=1S/C19H23BrN2O3/c1-11(21-2)22-7-6-19-5-4-12(23)8-16(19)25-18-15(24-3)9-14(20)13(10-22)17(18)19/h4-5,9,12,16,21,23H,1,6-8,10H2,2-3H3/t12-,16-,19?/m1/s1. The summed E-state index contributed by atoms with van der Waals surface area (Å²) in [5.74, 6) is 2.47. The summed E-state index contributed by atoms with van der Waals surface area (Å²) >= 11 is 3.74. The maximum atomic E-state index is 10.1. The summed E-state index contributed by atoms with van der Waals surface area (Å²) in [6.07, 6.45) is 5.02. The molecule has 1 unspecified atom stereocenters. The number of aliphatic hydroxyl groups excluding tert-OH is 1. The van der Waals surface area contributed by atoms with Crippen molar-refractivity contribution in [1.29, 1.82) is 0 Å². The van der Waals surface area contributed by atoms with Crippen LogP contribution in [-0.4, -0.2) is 42.9 Å². The summed E-state index contributed by atoms with van der Waals surface area (Å²) in [5.41, 5.74) is 2.16. The van der Waals surface area contributed by atoms with E-state index in [9.17, 15) is 5.11 Å². The van der Waals surface area contributed by atoms with E-state index in [0.717, 1.165) is 41.3 Å². The van der Waals surface area contributed by atoms with Crippen LogP contribution in [0.1, 0.15) is 24.0 Å². The normalized spacial score (nSPS) is 29.4. The van der Waals surface area contributed by atoms with E-state index in [1.54, 1.807) is 7.11 Å². The van der Waals surface area contributed by atoms with Crippen molar-refractivity contribution in [2.45, 2.75) is 37.0 Å². The van der Waals surface area contributed by atoms with Gasteiger partial charge in [-0.25, -0.2) is 0 Å². The third-order valence-electron chi connectivity index (χ3n) is 5.70. The number of nitrogens with zero attached hydrogens (tertiary/aromatic N) is 1. The second-order valence-electron chi connectivity index (χ2n) is 6.92. The summed E-state index contributed by atoms with van der Waals surface area (Å²) in [4.78, 5) is 2.26. The molecule has 0 aromatic heterocycles. The zero-order chi connectivity index (χ0) is 17.8. The molecule has 0 saturated heterocycles. The Kier molecular flexibility index (Phi) is 4.00. The van der Waals surface area contributed by atoms with Crippen LogP contribution in [0.2, 0.25) is 0 Å². The van der Waals surface area contributed by atoms with Gasteiger partial charge in [-0.15, -0.1) is 0 Å². The molecule has 4 rings (SSSR count). The predicted octanol–water partition coefficient (Wildman–Crippen LogP) is 2.67. The van der Waals surface area contributed by atoms with Gasteiger partial charge in [0.1, 0.15) is 6.10 Å². The average molecular weight is 407 g/mol. The zero-order valence-corrected chi connectivity index (χ0v) is 16.1. The smallest absolute Gasteiger partial charge is 0.166 e. The van der Waals surface area contributed by atoms with Gasteiger partial charge in [0.05, 0.1) is 24.4 Å². The van der Waals surface area contributed by atoms with Crippen molar-refractivity contribution < 1.29 is 14.6 Å². The second-order valence-corrected chi connectivity index (χ2v) is 7.77. The number of nitrogens with one attached hydrogen (secondary N) is 1. The minimum atomic E-state index is -0.463. The van der Waals surface area contributed by atoms with E-state index in [-0.39, 0.29) is 11.5 Å². The highest BCUT2D eigenvalue weighted by Crippen LogP contribution is 2.57. The Bertz CT molecular complexity index is 764. The van der Waals surface area contributed by atoms with Crippen molar-refractivity contribution in [3.8, 4) is 11.5 Å². The Morgan fingerprint density at radius 2 is 2.36 bits per heavy atom. The van der Waals surface area contributed by atoms with E-state index in [1.807, 2.05) is 19.2 Å². The Morgan fingerprint density at radius 3 is 3.08 bits per heavy atom. The van der Waals surface area contributed by atoms with Crippen molar-refractivity contribution in [1.82, 2.24) is 10.2 Å². The fourth-order valence-electron chi connectivity index (χ4n) is 4.35. The van der Waals surface area contributed by atoms with E-state index in [0.29, 0.717) is 6.42 Å². The Labute approximate surface area is 156 Å². The van der Waals surface area contributed by atoms with Crippen LogP contribution in [0.3, 0.4) is 0 Å². The molecular weight excluding hydrogens is 384 g/mol. The summed E-state index contributed by atoms with van der Waals surface area (Å²) < 4.78 is 12.9. The van der Waals surface area contributed by atoms with Gasteiger partial charge < -0.3 is 24.8 Å². The Balaban J connectivity index is 1.93. The first-order chi connectivity index (χ1) is 12.0. The lowest BCUT2D eigenvalue weighted by atomic mass is 9.69. The molecule has 0 fully saturated rings. The van der Waals surface area contributed by atoms with Gasteiger partial charge in [-0.2, -0.15) is 0 Å². The molecular formula is C19H23BrN2O3. The lowest BCUT2D eigenvalue weighted by Crippen LogP contribution is -2.43. The molecule has 0 saturated carbocycles. The van der Waals surface area contributed by atoms with Crippen molar-refractivity contribution in [3.05, 3.63) is 46.2 Å². The first kappa shape index (κ1) is 16.8. The summed E-state index contributed by atoms with van der Waals surface area (Å²) in [5, 5.41) is 13.3. The highest BCUT2D eigenvalue weighted by Gasteiger charge is 2.53. The molecule has 0 bridgehead atoms. The average Bonchev–Trinajstić information content (AvgIpc) is 2.82. The number of hydrogen-bond acceptors (Lipinski definition) is 5. The van der Waals surface area contributed by atoms with Crippen LogP contribution < -0.4 is 14.8 Å². The van der Waals surface area contributed by atoms with Gasteiger partial charge in [0.2, 0.25) is 0 Å². The van der Waals surface area contributed by atoms with Crippen molar-refractivity contribution >= 4 is 15.9 Å². The van der Waals surface area contributed by atoms with E-state index in [1.165, 1.54) is 11.1 Å². The fraction of sp³-hybridized carbons (Fsp3) is 0.474. The molecule has 134 valence electrons. The number of rotatable bonds is 3. The first-order valence-corrected chi connectivity index (χ1v) is 9.35. The monoisotopic (exact) mass is 406 g/mol. The van der Waals surface area contributed by atoms with Crippen molar-refractivity contribution in [2.75, 3.05) is 20.7 Å². The SMILES string of the molecule is C=C(NC)N1CCC23C=C[C@@H](O)C[C@H]2Oc2c(OC)cc(Br)c(c23)C1. The Morgan fingerprint density at radius 1 is 1.56 bits per heavy atom. The molecule has 1 aromatic rings. The van der Waals surface area contributed by atoms with Gasteiger partial charge in [0.25, 0.3) is 0 Å². The molecule has 5 nitrogen and oxygen atoms in total. The lowest BCUT2D eigenvalue weighted by Gasteiger charge is -2.36. The highest BCUT2D eigenvalue weighted by molar-refractivity contribution is 9.10. The fourth-order valence-corrected chi connectivity index (χ4v) is 4.88. The number of methoxy groups -OCH3 is 1. The van der Waals surface area contributed by atoms with E-state index in [2.05, 4.69) is 38.8 Å². The summed E-state index contributed by atoms with van der Waals surface area (Å²) in [6.45, 7) is 5.75. The van der Waals surface area contributed by atoms with Crippen molar-refractivity contribution in [2.24, 2.45) is 0 Å². The summed E-state index contributed by atoms with van der Waals surface area (Å²) in [7, 11) is 3.56. The molecule has 6 heteroatoms. The molecule has 1 spiro atoms. The maximum Gasteiger partial charge on any atom is 0.166 e. The van der Waals surface area contributed by atoms with Crippen LogP contribution in [0.25, 0.3) is 0 Å². The molecule has 3 aliphatic rings. The van der Waals surface area contributed by atoms with Gasteiger partial charge in [-0.3, -0.25) is 0 Å². The van der Waals surface area contributed by atoms with Crippen LogP contribution in [-0.2, 0) is 12.0 Å². The lowest BCUT2D eigenvalue weighted by molar-refractivity contribution is 0.0822. The molecule has 2 N–H and O–H groups in total. The van der Waals surface area contributed by atoms with E-state index >= 15 is 0 Å². The number of benzene rings is 1. The zero-order valence-electron chi connectivity index (χ0n) is 14.5. The number of aliphatic hydroxyl groups is 1. The third kappa shape index (κ3) is 2.38. The minimum Gasteiger partial charge on any atom is -0.493 e. The van der Waals surface area contributed by atoms with E-state index in [4.69, 9.17) is 9.47 Å². The molecule has 2 aliphatic heterocycles. The minimum absolute atomic E-state index is 0.0766. The second kappa shape index (κ2) is 5.95. The van der Waals surface area contributed by atoms with Crippen LogP contribution in [0.15, 0.2) is 35.1 Å². The highest BCUT2D eigenvalue weighted by atomic mass is 79.9. The number of halogens is 1. The first-order valence-electron chi connectivity index (χ1n) is 8.55. The third-order valence-corrected chi connectivity index (χ3v) is 6.41. The Hall–Kier alpha value is -1.66. The molecule has 1 aliphatic carbocycles. The largest absolute Gasteiger partial charge is 0.493 e. The molecule has 2 heterocycles. The van der Waals surface area contributed by atoms with Gasteiger partial charge in [0, 0.05) is 36.6 Å². The van der Waals surface area contributed by atoms with Crippen molar-refractivity contribution in [3.63, 3.8) is 0 Å². The number of hydrogen-bond donors (Lipinski definition) is 2. The molecule has 1 aromatic carbocycles. The van der Waals surface area contributed by atoms with Crippen LogP contribution in [0.4, 0.5) is 0 Å². The topological polar surface area (TPSA) is 54.0 Å². The maximum absolute atomic E-state index is 10.1. The van der Waals surface area contributed by atoms with Gasteiger partial charge in [-0.1, -0.05) is 34.7 Å². The predicted molar refractivity (Wildman–Crippen MR) is 99.8 cm³/mol. The van der Waals surface area contributed by atoms with Gasteiger partial charge in [-0.05, 0) is 18.1 Å². The van der Waals surface area contributed by atoms with Gasteiger partial charge >= 0.3 is 0 Å². The van der Waals surface area contributed by atoms with Crippen LogP contribution >= 0.6 is 15.9 Å². The van der Waals surface area contributed by atoms with E-state index < -0.39 is 6.10 Å². The molecule has 25 heavy (non-hydrogen) atoms. The van der Waals surface area contributed by atoms with Crippen LogP contribution in [0, 0.1) is 0 Å². The summed E-state index contributed by atoms with van der Waals surface area (Å²) in [6, 6.07) is 1.98. The molecule has 3 atom stereocenters. The molecule has 0 amide bonds. The number of ether oxygens (including phenoxy) is 2. The van der Waals surface area contributed by atoms with Gasteiger partial charge in [0.15, 0.2) is 11.5 Å². The molecule has 0 radical (unpaired) electrons.